The third-order valence-corrected chi connectivity index (χ3v) is 3.96. The molecule has 3 unspecified atom stereocenters. The van der Waals surface area contributed by atoms with Gasteiger partial charge in [-0.25, -0.2) is 9.68 Å². The smallest absolute Gasteiger partial charge is 0.334 e. The number of carbonyl (C=O) groups is 1. The van der Waals surface area contributed by atoms with Gasteiger partial charge in [-0.15, -0.1) is 0 Å². The van der Waals surface area contributed by atoms with Crippen molar-refractivity contribution in [2.45, 2.75) is 44.8 Å². The number of rotatable bonds is 1. The van der Waals surface area contributed by atoms with E-state index in [1.54, 1.807) is 0 Å². The molecule has 1 saturated heterocycles. The summed E-state index contributed by atoms with van der Waals surface area (Å²) in [7, 11) is 0. The van der Waals surface area contributed by atoms with E-state index in [0.717, 1.165) is 24.0 Å². The van der Waals surface area contributed by atoms with Crippen molar-refractivity contribution < 1.29 is 19.7 Å². The number of carbonyl (C=O) groups excluding carboxylic acids is 1. The molecule has 4 heteroatoms. The zero-order valence-corrected chi connectivity index (χ0v) is 11.2. The van der Waals surface area contributed by atoms with Crippen LogP contribution in [0.2, 0.25) is 0 Å². The molecule has 1 aliphatic carbocycles. The summed E-state index contributed by atoms with van der Waals surface area (Å²) in [5.41, 5.74) is 2.50. The van der Waals surface area contributed by atoms with Gasteiger partial charge in [0.25, 0.3) is 0 Å². The molecule has 1 heterocycles. The summed E-state index contributed by atoms with van der Waals surface area (Å²) in [6, 6.07) is 0. The Morgan fingerprint density at radius 2 is 2.11 bits per heavy atom. The van der Waals surface area contributed by atoms with Gasteiger partial charge >= 0.3 is 5.97 Å². The van der Waals surface area contributed by atoms with Gasteiger partial charge in [-0.3, -0.25) is 5.26 Å². The van der Waals surface area contributed by atoms with Crippen LogP contribution in [0.4, 0.5) is 0 Å². The topological polar surface area (TPSA) is 55.8 Å². The highest BCUT2D eigenvalue weighted by atomic mass is 17.1. The van der Waals surface area contributed by atoms with Crippen molar-refractivity contribution in [3.8, 4) is 0 Å². The minimum Gasteiger partial charge on any atom is -0.454 e. The lowest BCUT2D eigenvalue weighted by molar-refractivity contribution is -0.270. The average Bonchev–Trinajstić information content (AvgIpc) is 2.63. The molecule has 0 spiro atoms. The molecule has 2 rings (SSSR count). The summed E-state index contributed by atoms with van der Waals surface area (Å²) in [6.45, 7) is 9.78. The highest BCUT2D eigenvalue weighted by Crippen LogP contribution is 2.35. The Bertz CT molecular complexity index is 435. The van der Waals surface area contributed by atoms with Gasteiger partial charge in [0, 0.05) is 11.5 Å². The predicted octanol–water partition coefficient (Wildman–Crippen LogP) is 3.02. The molecule has 4 nitrogen and oxygen atoms in total. The summed E-state index contributed by atoms with van der Waals surface area (Å²) in [5, 5.41) is 8.93. The fourth-order valence-electron chi connectivity index (χ4n) is 2.68. The molecule has 0 aromatic rings. The van der Waals surface area contributed by atoms with Crippen LogP contribution in [0, 0.1) is 5.92 Å². The number of fused-ring (bicyclic) bond motifs is 1. The number of allylic oxidation sites excluding steroid dienone is 1. The molecule has 19 heavy (non-hydrogen) atoms. The van der Waals surface area contributed by atoms with Gasteiger partial charge in [-0.2, -0.15) is 0 Å². The van der Waals surface area contributed by atoms with E-state index in [1.807, 2.05) is 13.0 Å². The molecule has 0 radical (unpaired) electrons. The second kappa shape index (κ2) is 5.72. The van der Waals surface area contributed by atoms with Crippen LogP contribution in [0.3, 0.4) is 0 Å². The van der Waals surface area contributed by atoms with Crippen LogP contribution in [-0.2, 0) is 14.4 Å². The fourth-order valence-corrected chi connectivity index (χ4v) is 2.68. The van der Waals surface area contributed by atoms with Gasteiger partial charge in [-0.1, -0.05) is 18.7 Å². The minimum atomic E-state index is -0.341. The molecule has 3 atom stereocenters. The summed E-state index contributed by atoms with van der Waals surface area (Å²) in [4.78, 5) is 16.1. The normalized spacial score (nSPS) is 32.6. The first kappa shape index (κ1) is 14.0. The summed E-state index contributed by atoms with van der Waals surface area (Å²) in [6.07, 6.45) is 4.32. The second-order valence-electron chi connectivity index (χ2n) is 5.34. The highest BCUT2D eigenvalue weighted by Gasteiger charge is 2.37. The molecule has 2 aliphatic rings. The van der Waals surface area contributed by atoms with Gasteiger partial charge in [0.2, 0.25) is 0 Å². The molecule has 104 valence electrons. The maximum Gasteiger partial charge on any atom is 0.334 e. The van der Waals surface area contributed by atoms with E-state index in [4.69, 9.17) is 9.99 Å². The summed E-state index contributed by atoms with van der Waals surface area (Å²) >= 11 is 0. The standard InChI is InChI=1S/C15H20O4/c1-9-4-7-13(19-17)10(2)5-6-12-11(3)15(16)18-14(12)8-9/h8,12-14,17H,2-7H2,1H3. The fraction of sp³-hybridized carbons (Fsp3) is 0.533. The van der Waals surface area contributed by atoms with E-state index in [9.17, 15) is 4.79 Å². The Kier molecular flexibility index (Phi) is 4.22. The monoisotopic (exact) mass is 264 g/mol. The quantitative estimate of drug-likeness (QED) is 0.260. The third-order valence-electron chi connectivity index (χ3n) is 3.96. The number of hydrogen-bond acceptors (Lipinski definition) is 4. The summed E-state index contributed by atoms with van der Waals surface area (Å²) in [5.74, 6) is -0.310. The molecule has 0 amide bonds. The Morgan fingerprint density at radius 1 is 1.37 bits per heavy atom. The minimum absolute atomic E-state index is 0.00311. The zero-order valence-electron chi connectivity index (χ0n) is 11.2. The van der Waals surface area contributed by atoms with Gasteiger partial charge in [-0.05, 0) is 44.3 Å². The van der Waals surface area contributed by atoms with Crippen molar-refractivity contribution in [1.29, 1.82) is 0 Å². The Labute approximate surface area is 113 Å². The molecule has 0 aromatic heterocycles. The van der Waals surface area contributed by atoms with Crippen LogP contribution < -0.4 is 0 Å². The second-order valence-corrected chi connectivity index (χ2v) is 5.34. The van der Waals surface area contributed by atoms with Crippen molar-refractivity contribution in [2.75, 3.05) is 0 Å². The molecule has 1 N–H and O–H groups in total. The average molecular weight is 264 g/mol. The van der Waals surface area contributed by atoms with Crippen molar-refractivity contribution in [3.63, 3.8) is 0 Å². The van der Waals surface area contributed by atoms with Crippen LogP contribution in [0.1, 0.15) is 32.6 Å². The first-order valence-electron chi connectivity index (χ1n) is 6.58. The van der Waals surface area contributed by atoms with Crippen LogP contribution in [0.25, 0.3) is 0 Å². The van der Waals surface area contributed by atoms with Gasteiger partial charge in [0.05, 0.1) is 0 Å². The van der Waals surface area contributed by atoms with Crippen LogP contribution >= 0.6 is 0 Å². The number of hydrogen-bond donors (Lipinski definition) is 1. The molecular weight excluding hydrogens is 244 g/mol. The van der Waals surface area contributed by atoms with E-state index >= 15 is 0 Å². The Balaban J connectivity index is 2.22. The van der Waals surface area contributed by atoms with E-state index in [0.29, 0.717) is 18.4 Å². The SMILES string of the molecule is C=C1CCC2C(=C)C(=O)OC2C=C(C)CCC1OO. The lowest BCUT2D eigenvalue weighted by Crippen LogP contribution is -2.20. The number of esters is 1. The maximum atomic E-state index is 11.6. The van der Waals surface area contributed by atoms with Gasteiger partial charge in [0.15, 0.2) is 0 Å². The molecule has 0 saturated carbocycles. The van der Waals surface area contributed by atoms with Crippen LogP contribution in [0.15, 0.2) is 36.0 Å². The van der Waals surface area contributed by atoms with Gasteiger partial charge < -0.3 is 4.74 Å². The molecule has 0 bridgehead atoms. The number of ether oxygens (including phenoxy) is 1. The molecule has 1 fully saturated rings. The van der Waals surface area contributed by atoms with Crippen molar-refractivity contribution >= 4 is 5.97 Å². The van der Waals surface area contributed by atoms with Crippen molar-refractivity contribution in [1.82, 2.24) is 0 Å². The van der Waals surface area contributed by atoms with E-state index in [1.165, 1.54) is 0 Å². The maximum absolute atomic E-state index is 11.6. The highest BCUT2D eigenvalue weighted by molar-refractivity contribution is 5.91. The van der Waals surface area contributed by atoms with Crippen molar-refractivity contribution in [2.24, 2.45) is 5.92 Å². The molecule has 1 aliphatic heterocycles. The lowest BCUT2D eigenvalue weighted by atomic mass is 9.86. The zero-order chi connectivity index (χ0) is 14.0. The van der Waals surface area contributed by atoms with E-state index in [2.05, 4.69) is 18.0 Å². The first-order valence-corrected chi connectivity index (χ1v) is 6.58. The Hall–Kier alpha value is -1.39. The molecule has 0 aromatic carbocycles. The molecular formula is C15H20O4. The van der Waals surface area contributed by atoms with Crippen LogP contribution in [0.5, 0.6) is 0 Å². The largest absolute Gasteiger partial charge is 0.454 e. The van der Waals surface area contributed by atoms with E-state index < -0.39 is 0 Å². The van der Waals surface area contributed by atoms with E-state index in [-0.39, 0.29) is 24.1 Å². The third kappa shape index (κ3) is 2.96. The first-order chi connectivity index (χ1) is 9.02. The van der Waals surface area contributed by atoms with Gasteiger partial charge in [0.1, 0.15) is 12.2 Å². The van der Waals surface area contributed by atoms with Crippen molar-refractivity contribution in [3.05, 3.63) is 36.0 Å². The summed E-state index contributed by atoms with van der Waals surface area (Å²) < 4.78 is 5.34. The lowest BCUT2D eigenvalue weighted by Gasteiger charge is -2.22. The predicted molar refractivity (Wildman–Crippen MR) is 71.4 cm³/mol. The Morgan fingerprint density at radius 3 is 2.79 bits per heavy atom. The van der Waals surface area contributed by atoms with Crippen LogP contribution in [-0.4, -0.2) is 23.4 Å².